The molecule has 2 amide bonds. The van der Waals surface area contributed by atoms with Crippen LogP contribution >= 0.6 is 0 Å². The number of nitrogens with one attached hydrogen (secondary N) is 2. The fourth-order valence-electron chi connectivity index (χ4n) is 2.11. The van der Waals surface area contributed by atoms with Gasteiger partial charge in [0, 0.05) is 51.0 Å². The van der Waals surface area contributed by atoms with E-state index in [0.717, 1.165) is 0 Å². The lowest BCUT2D eigenvalue weighted by Crippen LogP contribution is -2.36. The number of amides is 2. The van der Waals surface area contributed by atoms with E-state index in [1.807, 2.05) is 0 Å². The molecule has 2 N–H and O–H groups in total. The molecule has 132 valence electrons. The van der Waals surface area contributed by atoms with E-state index in [-0.39, 0.29) is 5.78 Å². The number of nitrogens with zero attached hydrogens (tertiary/aromatic N) is 2. The summed E-state index contributed by atoms with van der Waals surface area (Å²) in [5.41, 5.74) is 0.866. The van der Waals surface area contributed by atoms with Crippen molar-refractivity contribution in [1.29, 1.82) is 0 Å². The number of aryl methyl sites for hydroxylation is 1. The minimum absolute atomic E-state index is 0.221. The molecule has 0 saturated carbocycles. The summed E-state index contributed by atoms with van der Waals surface area (Å²) in [5, 5.41) is 4.98. The Kier molecular flexibility index (Phi) is 6.41. The van der Waals surface area contributed by atoms with Crippen LogP contribution in [-0.2, 0) is 21.4 Å². The van der Waals surface area contributed by atoms with Crippen molar-refractivity contribution in [3.8, 4) is 0 Å². The zero-order chi connectivity index (χ0) is 18.2. The first-order valence-electron chi connectivity index (χ1n) is 7.73. The van der Waals surface area contributed by atoms with Crippen molar-refractivity contribution in [1.82, 2.24) is 14.9 Å². The maximum atomic E-state index is 12.3. The topological polar surface area (TPSA) is 102 Å². The molecule has 0 saturated heterocycles. The summed E-state index contributed by atoms with van der Waals surface area (Å²) in [7, 11) is 3.30. The first kappa shape index (κ1) is 18.3. The molecule has 1 heterocycles. The predicted octanol–water partition coefficient (Wildman–Crippen LogP) is 0.742. The van der Waals surface area contributed by atoms with Crippen molar-refractivity contribution in [2.45, 2.75) is 6.42 Å². The van der Waals surface area contributed by atoms with E-state index in [2.05, 4.69) is 15.6 Å². The zero-order valence-corrected chi connectivity index (χ0v) is 14.1. The molecule has 0 unspecified atom stereocenters. The maximum absolute atomic E-state index is 12.3. The highest BCUT2D eigenvalue weighted by atomic mass is 16.5. The van der Waals surface area contributed by atoms with Crippen molar-refractivity contribution in [2.24, 2.45) is 7.05 Å². The number of carbonyl (C=O) groups excluding carboxylic acids is 3. The summed E-state index contributed by atoms with van der Waals surface area (Å²) in [4.78, 5) is 39.7. The normalized spacial score (nSPS) is 10.3. The molecule has 0 aliphatic rings. The van der Waals surface area contributed by atoms with Gasteiger partial charge in [-0.2, -0.15) is 0 Å². The summed E-state index contributed by atoms with van der Waals surface area (Å²) in [6.07, 6.45) is 3.86. The third-order valence-corrected chi connectivity index (χ3v) is 3.45. The molecule has 0 fully saturated rings. The first-order chi connectivity index (χ1) is 12.0. The molecule has 0 atom stereocenters. The molecule has 0 aliphatic heterocycles. The molecule has 2 aromatic rings. The Labute approximate surface area is 145 Å². The zero-order valence-electron chi connectivity index (χ0n) is 14.1. The SMILES string of the molecule is COCCCNC(=O)C(=O)Nc1ccc(C(=O)c2nccn2C)cc1. The largest absolute Gasteiger partial charge is 0.385 e. The van der Waals surface area contributed by atoms with Gasteiger partial charge in [0.25, 0.3) is 0 Å². The molecule has 0 aliphatic carbocycles. The number of hydrogen-bond acceptors (Lipinski definition) is 5. The number of ketones is 1. The summed E-state index contributed by atoms with van der Waals surface area (Å²) >= 11 is 0. The second-order valence-corrected chi connectivity index (χ2v) is 5.32. The van der Waals surface area contributed by atoms with Crippen molar-refractivity contribution in [2.75, 3.05) is 25.6 Å². The Bertz CT molecular complexity index is 752. The number of carbonyl (C=O) groups is 3. The van der Waals surface area contributed by atoms with Gasteiger partial charge in [-0.15, -0.1) is 0 Å². The lowest BCUT2D eigenvalue weighted by molar-refractivity contribution is -0.136. The Hall–Kier alpha value is -3.00. The molecule has 0 radical (unpaired) electrons. The average Bonchev–Trinajstić information content (AvgIpc) is 3.04. The minimum atomic E-state index is -0.763. The van der Waals surface area contributed by atoms with Gasteiger partial charge in [-0.05, 0) is 30.7 Å². The van der Waals surface area contributed by atoms with Crippen molar-refractivity contribution >= 4 is 23.3 Å². The second-order valence-electron chi connectivity index (χ2n) is 5.32. The van der Waals surface area contributed by atoms with Gasteiger partial charge in [-0.25, -0.2) is 4.98 Å². The van der Waals surface area contributed by atoms with E-state index in [1.165, 1.54) is 0 Å². The summed E-state index contributed by atoms with van der Waals surface area (Å²) in [6.45, 7) is 0.866. The second kappa shape index (κ2) is 8.74. The third-order valence-electron chi connectivity index (χ3n) is 3.45. The van der Waals surface area contributed by atoms with Gasteiger partial charge < -0.3 is 19.9 Å². The van der Waals surface area contributed by atoms with Gasteiger partial charge in [0.15, 0.2) is 5.82 Å². The fraction of sp³-hybridized carbons (Fsp3) is 0.294. The van der Waals surface area contributed by atoms with E-state index < -0.39 is 11.8 Å². The highest BCUT2D eigenvalue weighted by Crippen LogP contribution is 2.12. The van der Waals surface area contributed by atoms with E-state index in [0.29, 0.717) is 36.6 Å². The maximum Gasteiger partial charge on any atom is 0.313 e. The van der Waals surface area contributed by atoms with Crippen LogP contribution in [0.25, 0.3) is 0 Å². The number of hydrogen-bond donors (Lipinski definition) is 2. The smallest absolute Gasteiger partial charge is 0.313 e. The third kappa shape index (κ3) is 4.98. The fourth-order valence-corrected chi connectivity index (χ4v) is 2.11. The van der Waals surface area contributed by atoms with E-state index in [1.54, 1.807) is 55.4 Å². The van der Waals surface area contributed by atoms with Gasteiger partial charge in [0.2, 0.25) is 5.78 Å². The van der Waals surface area contributed by atoms with Crippen LogP contribution in [-0.4, -0.2) is 47.4 Å². The van der Waals surface area contributed by atoms with E-state index in [9.17, 15) is 14.4 Å². The summed E-state index contributed by atoms with van der Waals surface area (Å²) in [5.74, 6) is -1.38. The van der Waals surface area contributed by atoms with Gasteiger partial charge >= 0.3 is 11.8 Å². The number of imidazole rings is 1. The highest BCUT2D eigenvalue weighted by molar-refractivity contribution is 6.39. The lowest BCUT2D eigenvalue weighted by Gasteiger charge is -2.07. The number of ether oxygens (including phenoxy) is 1. The number of rotatable bonds is 7. The molecular formula is C17H20N4O4. The van der Waals surface area contributed by atoms with Gasteiger partial charge in [-0.3, -0.25) is 14.4 Å². The Balaban J connectivity index is 1.91. The number of anilines is 1. The number of methoxy groups -OCH3 is 1. The molecule has 25 heavy (non-hydrogen) atoms. The van der Waals surface area contributed by atoms with Crippen LogP contribution in [0.3, 0.4) is 0 Å². The molecule has 8 heteroatoms. The van der Waals surface area contributed by atoms with Crippen LogP contribution in [0, 0.1) is 0 Å². The molecule has 0 bridgehead atoms. The predicted molar refractivity (Wildman–Crippen MR) is 91.2 cm³/mol. The lowest BCUT2D eigenvalue weighted by atomic mass is 10.1. The van der Waals surface area contributed by atoms with E-state index in [4.69, 9.17) is 4.74 Å². The van der Waals surface area contributed by atoms with Crippen LogP contribution in [0.2, 0.25) is 0 Å². The van der Waals surface area contributed by atoms with Crippen molar-refractivity contribution in [3.05, 3.63) is 48.0 Å². The van der Waals surface area contributed by atoms with Crippen LogP contribution in [0.5, 0.6) is 0 Å². The molecular weight excluding hydrogens is 324 g/mol. The number of aromatic nitrogens is 2. The quantitative estimate of drug-likeness (QED) is 0.438. The van der Waals surface area contributed by atoms with Gasteiger partial charge in [0.05, 0.1) is 0 Å². The Morgan fingerprint density at radius 1 is 1.16 bits per heavy atom. The van der Waals surface area contributed by atoms with Gasteiger partial charge in [0.1, 0.15) is 0 Å². The molecule has 8 nitrogen and oxygen atoms in total. The Morgan fingerprint density at radius 3 is 2.48 bits per heavy atom. The summed E-state index contributed by atoms with van der Waals surface area (Å²) < 4.78 is 6.49. The first-order valence-corrected chi connectivity index (χ1v) is 7.73. The molecule has 1 aromatic carbocycles. The average molecular weight is 344 g/mol. The summed E-state index contributed by atoms with van der Waals surface area (Å²) in [6, 6.07) is 6.27. The number of benzene rings is 1. The standard InChI is InChI=1S/C17H20N4O4/c1-21-10-9-18-15(21)14(22)12-4-6-13(7-5-12)20-17(24)16(23)19-8-3-11-25-2/h4-7,9-10H,3,8,11H2,1-2H3,(H,19,23)(H,20,24). The highest BCUT2D eigenvalue weighted by Gasteiger charge is 2.15. The van der Waals surface area contributed by atoms with Crippen LogP contribution in [0.15, 0.2) is 36.7 Å². The molecule has 0 spiro atoms. The minimum Gasteiger partial charge on any atom is -0.385 e. The van der Waals surface area contributed by atoms with E-state index >= 15 is 0 Å². The van der Waals surface area contributed by atoms with Crippen LogP contribution in [0.4, 0.5) is 5.69 Å². The van der Waals surface area contributed by atoms with Crippen molar-refractivity contribution in [3.63, 3.8) is 0 Å². The Morgan fingerprint density at radius 2 is 1.88 bits per heavy atom. The van der Waals surface area contributed by atoms with Crippen LogP contribution < -0.4 is 10.6 Å². The van der Waals surface area contributed by atoms with Crippen molar-refractivity contribution < 1.29 is 19.1 Å². The monoisotopic (exact) mass is 344 g/mol. The molecule has 2 rings (SSSR count). The van der Waals surface area contributed by atoms with Gasteiger partial charge in [-0.1, -0.05) is 0 Å². The van der Waals surface area contributed by atoms with Crippen LogP contribution in [0.1, 0.15) is 22.6 Å². The molecule has 1 aromatic heterocycles.